The van der Waals surface area contributed by atoms with E-state index in [1.807, 2.05) is 101 Å². The molecule has 0 saturated carbocycles. The van der Waals surface area contributed by atoms with Crippen LogP contribution >= 0.6 is 0 Å². The molecule has 4 aromatic heterocycles. The molecule has 0 aliphatic heterocycles. The van der Waals surface area contributed by atoms with Crippen molar-refractivity contribution in [2.75, 3.05) is 0 Å². The second-order valence-electron chi connectivity index (χ2n) is 8.89. The second kappa shape index (κ2) is 13.7. The summed E-state index contributed by atoms with van der Waals surface area (Å²) in [6.07, 6.45) is -2.82. The fraction of sp³-hybridized carbons (Fsp3) is 0.0690. The number of fused-ring (bicyclic) bond motifs is 1. The van der Waals surface area contributed by atoms with Crippen LogP contribution in [0.15, 0.2) is 104 Å². The molecule has 0 atom stereocenters. The van der Waals surface area contributed by atoms with Gasteiger partial charge >= 0.3 is 24.3 Å². The van der Waals surface area contributed by atoms with E-state index in [9.17, 15) is 26.3 Å². The van der Waals surface area contributed by atoms with Crippen LogP contribution in [0.1, 0.15) is 0 Å². The van der Waals surface area contributed by atoms with E-state index < -0.39 is 24.3 Å². The highest BCUT2D eigenvalue weighted by Crippen LogP contribution is 2.28. The van der Waals surface area contributed by atoms with E-state index in [4.69, 9.17) is 24.8 Å². The van der Waals surface area contributed by atoms with Crippen LogP contribution in [0, 0.1) is 0 Å². The number of imidazole rings is 1. The molecule has 4 heterocycles. The fourth-order valence-corrected chi connectivity index (χ4v) is 3.73. The summed E-state index contributed by atoms with van der Waals surface area (Å²) in [7, 11) is 0. The number of para-hydroxylation sites is 1. The maximum atomic E-state index is 10.6. The molecule has 0 saturated heterocycles. The van der Waals surface area contributed by atoms with E-state index in [0.29, 0.717) is 0 Å². The second-order valence-corrected chi connectivity index (χ2v) is 8.89. The lowest BCUT2D eigenvalue weighted by Crippen LogP contribution is -2.21. The Labute approximate surface area is 254 Å². The highest BCUT2D eigenvalue weighted by Gasteiger charge is 2.38. The summed E-state index contributed by atoms with van der Waals surface area (Å²) in [6.45, 7) is 0. The first-order valence-corrected chi connectivity index (χ1v) is 12.7. The van der Waals surface area contributed by atoms with Gasteiger partial charge in [0.2, 0.25) is 0 Å². The van der Waals surface area contributed by atoms with E-state index in [-0.39, 0.29) is 0 Å². The lowest BCUT2D eigenvalue weighted by Gasteiger charge is -2.08. The molecule has 0 bridgehead atoms. The molecule has 46 heavy (non-hydrogen) atoms. The fourth-order valence-electron chi connectivity index (χ4n) is 3.73. The Morgan fingerprint density at radius 3 is 1.89 bits per heavy atom. The molecule has 6 aromatic rings. The quantitative estimate of drug-likeness (QED) is 0.221. The minimum absolute atomic E-state index is 0.802. The summed E-state index contributed by atoms with van der Waals surface area (Å²) in [5, 5.41) is 22.8. The summed E-state index contributed by atoms with van der Waals surface area (Å²) in [5.41, 5.74) is 6.30. The monoisotopic (exact) mass is 643 g/mol. The van der Waals surface area contributed by atoms with Crippen LogP contribution in [-0.2, 0) is 9.59 Å². The highest BCUT2D eigenvalue weighted by molar-refractivity contribution is 5.76. The minimum Gasteiger partial charge on any atom is -0.475 e. The van der Waals surface area contributed by atoms with Crippen LogP contribution in [0.4, 0.5) is 26.3 Å². The van der Waals surface area contributed by atoms with Crippen molar-refractivity contribution in [1.82, 2.24) is 34.5 Å². The molecule has 2 N–H and O–H groups in total. The van der Waals surface area contributed by atoms with E-state index >= 15 is 0 Å². The molecule has 17 heteroatoms. The summed E-state index contributed by atoms with van der Waals surface area (Å²) in [5.74, 6) is -4.70. The van der Waals surface area contributed by atoms with Crippen molar-refractivity contribution in [3.8, 4) is 34.2 Å². The standard InChI is InChI=1S/C25H17N7.2C2HF3O2/c1-2-9-24-22(8-1)29-30-32(24)19-12-10-18(11-13-19)25-28-23(21-7-3-4-15-27-21)17-31(25)20-6-5-14-26-16-20;2*3-2(4,5)1(6)7/h1-17H;2*(H,6,7). The van der Waals surface area contributed by atoms with Crippen LogP contribution in [0.3, 0.4) is 0 Å². The largest absolute Gasteiger partial charge is 0.490 e. The van der Waals surface area contributed by atoms with Crippen LogP contribution in [-0.4, -0.2) is 69.0 Å². The zero-order valence-electron chi connectivity index (χ0n) is 22.9. The van der Waals surface area contributed by atoms with Gasteiger partial charge in [-0.2, -0.15) is 26.3 Å². The number of hydrogen-bond acceptors (Lipinski definition) is 7. The summed E-state index contributed by atoms with van der Waals surface area (Å²) >= 11 is 0. The summed E-state index contributed by atoms with van der Waals surface area (Å²) in [4.78, 5) is 31.4. The van der Waals surface area contributed by atoms with Crippen molar-refractivity contribution in [2.45, 2.75) is 12.4 Å². The van der Waals surface area contributed by atoms with Gasteiger partial charge in [0.05, 0.1) is 28.8 Å². The molecule has 0 aliphatic rings. The van der Waals surface area contributed by atoms with E-state index in [1.165, 1.54) is 0 Å². The maximum absolute atomic E-state index is 10.6. The number of benzene rings is 2. The first-order valence-electron chi connectivity index (χ1n) is 12.7. The van der Waals surface area contributed by atoms with Crippen molar-refractivity contribution in [3.63, 3.8) is 0 Å². The van der Waals surface area contributed by atoms with Gasteiger partial charge in [0.25, 0.3) is 0 Å². The van der Waals surface area contributed by atoms with Crippen molar-refractivity contribution < 1.29 is 46.1 Å². The average Bonchev–Trinajstić information content (AvgIpc) is 3.67. The van der Waals surface area contributed by atoms with Crippen molar-refractivity contribution in [1.29, 1.82) is 0 Å². The molecule has 0 aliphatic carbocycles. The first kappa shape index (κ1) is 32.8. The predicted octanol–water partition coefficient (Wildman–Crippen LogP) is 6.00. The third kappa shape index (κ3) is 8.07. The van der Waals surface area contributed by atoms with Gasteiger partial charge < -0.3 is 10.2 Å². The topological polar surface area (TPSA) is 149 Å². The number of carboxylic acid groups (broad SMARTS) is 2. The third-order valence-corrected chi connectivity index (χ3v) is 5.76. The van der Waals surface area contributed by atoms with Crippen molar-refractivity contribution >= 4 is 23.0 Å². The van der Waals surface area contributed by atoms with Gasteiger partial charge in [-0.05, 0) is 60.7 Å². The molecule has 2 aromatic carbocycles. The number of pyridine rings is 2. The lowest BCUT2D eigenvalue weighted by atomic mass is 10.2. The van der Waals surface area contributed by atoms with Crippen LogP contribution in [0.25, 0.3) is 45.2 Å². The number of carboxylic acids is 2. The Morgan fingerprint density at radius 2 is 1.33 bits per heavy atom. The number of hydrogen-bond donors (Lipinski definition) is 2. The molecule has 0 radical (unpaired) electrons. The van der Waals surface area contributed by atoms with Gasteiger partial charge in [-0.15, -0.1) is 5.10 Å². The average molecular weight is 644 g/mol. The van der Waals surface area contributed by atoms with E-state index in [2.05, 4.69) is 20.3 Å². The molecular weight excluding hydrogens is 624 g/mol. The Balaban J connectivity index is 0.000000289. The highest BCUT2D eigenvalue weighted by atomic mass is 19.4. The smallest absolute Gasteiger partial charge is 0.475 e. The molecule has 0 spiro atoms. The van der Waals surface area contributed by atoms with E-state index in [1.54, 1.807) is 12.4 Å². The SMILES string of the molecule is O=C(O)C(F)(F)F.O=C(O)C(F)(F)F.c1ccc(-c2cn(-c3cccnc3)c(-c3ccc(-n4nnc5ccccc54)cc3)n2)nc1. The van der Waals surface area contributed by atoms with Gasteiger partial charge in [-0.3, -0.25) is 14.5 Å². The Morgan fingerprint density at radius 1 is 0.696 bits per heavy atom. The molecule has 6 rings (SSSR count). The van der Waals surface area contributed by atoms with Crippen LogP contribution in [0.2, 0.25) is 0 Å². The Hall–Kier alpha value is -6.13. The Bertz CT molecular complexity index is 1900. The number of carbonyl (C=O) groups is 2. The zero-order valence-corrected chi connectivity index (χ0v) is 22.9. The molecular formula is C29H19F6N7O4. The summed E-state index contributed by atoms with van der Waals surface area (Å²) < 4.78 is 67.4. The molecule has 0 fully saturated rings. The number of nitrogens with zero attached hydrogens (tertiary/aromatic N) is 7. The number of halogens is 6. The van der Waals surface area contributed by atoms with Crippen LogP contribution in [0.5, 0.6) is 0 Å². The van der Waals surface area contributed by atoms with Gasteiger partial charge in [-0.25, -0.2) is 19.3 Å². The van der Waals surface area contributed by atoms with Crippen molar-refractivity contribution in [2.24, 2.45) is 0 Å². The number of rotatable bonds is 4. The van der Waals surface area contributed by atoms with Crippen LogP contribution < -0.4 is 0 Å². The molecule has 236 valence electrons. The van der Waals surface area contributed by atoms with Crippen molar-refractivity contribution in [3.05, 3.63) is 104 Å². The number of aliphatic carboxylic acids is 2. The minimum atomic E-state index is -5.08. The van der Waals surface area contributed by atoms with Gasteiger partial charge in [0.15, 0.2) is 0 Å². The molecule has 11 nitrogen and oxygen atoms in total. The molecule has 0 unspecified atom stereocenters. The van der Waals surface area contributed by atoms with Gasteiger partial charge in [-0.1, -0.05) is 23.4 Å². The number of alkyl halides is 6. The lowest BCUT2D eigenvalue weighted by molar-refractivity contribution is -0.193. The normalized spacial score (nSPS) is 11.2. The predicted molar refractivity (Wildman–Crippen MR) is 150 cm³/mol. The first-order chi connectivity index (χ1) is 21.8. The van der Waals surface area contributed by atoms with Gasteiger partial charge in [0.1, 0.15) is 17.0 Å². The van der Waals surface area contributed by atoms with E-state index in [0.717, 1.165) is 45.2 Å². The maximum Gasteiger partial charge on any atom is 0.490 e. The Kier molecular flexibility index (Phi) is 9.74. The van der Waals surface area contributed by atoms with Gasteiger partial charge in [0, 0.05) is 24.2 Å². The zero-order chi connectivity index (χ0) is 33.5. The third-order valence-electron chi connectivity index (χ3n) is 5.76. The summed E-state index contributed by atoms with van der Waals surface area (Å²) in [6, 6.07) is 25.8. The number of aromatic nitrogens is 7. The molecule has 0 amide bonds.